The zero-order valence-corrected chi connectivity index (χ0v) is 12.4. The second-order valence-corrected chi connectivity index (χ2v) is 5.33. The van der Waals surface area contributed by atoms with Crippen LogP contribution in [-0.2, 0) is 0 Å². The highest BCUT2D eigenvalue weighted by Gasteiger charge is 2.11. The van der Waals surface area contributed by atoms with E-state index in [-0.39, 0.29) is 5.96 Å². The lowest BCUT2D eigenvalue weighted by Gasteiger charge is -2.17. The molecule has 4 N–H and O–H groups in total. The molecule has 0 atom stereocenters. The number of nitrogens with zero attached hydrogens (tertiary/aromatic N) is 4. The Kier molecular flexibility index (Phi) is 4.09. The lowest BCUT2D eigenvalue weighted by molar-refractivity contribution is 0.949. The van der Waals surface area contributed by atoms with Gasteiger partial charge < -0.3 is 20.9 Å². The number of aromatic nitrogens is 1. The van der Waals surface area contributed by atoms with Crippen LogP contribution in [0.25, 0.3) is 5.69 Å². The van der Waals surface area contributed by atoms with E-state index in [0.717, 1.165) is 24.3 Å². The van der Waals surface area contributed by atoms with Crippen molar-refractivity contribution in [3.63, 3.8) is 0 Å². The molecule has 1 fully saturated rings. The summed E-state index contributed by atoms with van der Waals surface area (Å²) in [4.78, 5) is 2.42. The highest BCUT2D eigenvalue weighted by Crippen LogP contribution is 2.21. The van der Waals surface area contributed by atoms with E-state index >= 15 is 0 Å². The largest absolute Gasteiger partial charge is 0.372 e. The predicted molar refractivity (Wildman–Crippen MR) is 90.6 cm³/mol. The third-order valence-corrected chi connectivity index (χ3v) is 3.71. The van der Waals surface area contributed by atoms with E-state index in [1.165, 1.54) is 18.5 Å². The van der Waals surface area contributed by atoms with Crippen LogP contribution in [0.4, 0.5) is 5.69 Å². The second kappa shape index (κ2) is 6.34. The molecule has 1 aromatic carbocycles. The van der Waals surface area contributed by atoms with E-state index in [0.29, 0.717) is 0 Å². The molecule has 0 radical (unpaired) electrons. The molecule has 1 aromatic heterocycles. The Morgan fingerprint density at radius 1 is 1.00 bits per heavy atom. The van der Waals surface area contributed by atoms with Crippen molar-refractivity contribution >= 4 is 17.9 Å². The Hall–Kier alpha value is -2.76. The average molecular weight is 296 g/mol. The average Bonchev–Trinajstić information content (AvgIpc) is 3.19. The van der Waals surface area contributed by atoms with Crippen molar-refractivity contribution in [2.45, 2.75) is 12.8 Å². The molecule has 0 amide bonds. The molecule has 1 aliphatic heterocycles. The van der Waals surface area contributed by atoms with Gasteiger partial charge in [-0.25, -0.2) is 0 Å². The molecule has 0 spiro atoms. The van der Waals surface area contributed by atoms with E-state index in [1.807, 2.05) is 23.0 Å². The Bertz CT molecular complexity index is 673. The maximum atomic E-state index is 5.22. The van der Waals surface area contributed by atoms with Gasteiger partial charge in [0.25, 0.3) is 0 Å². The Labute approximate surface area is 129 Å². The van der Waals surface area contributed by atoms with Gasteiger partial charge in [-0.2, -0.15) is 5.10 Å². The van der Waals surface area contributed by atoms with Gasteiger partial charge in [0, 0.05) is 42.4 Å². The van der Waals surface area contributed by atoms with E-state index < -0.39 is 0 Å². The van der Waals surface area contributed by atoms with Crippen LogP contribution in [0.15, 0.2) is 52.9 Å². The molecular formula is C16H20N6. The first-order chi connectivity index (χ1) is 10.7. The van der Waals surface area contributed by atoms with Crippen molar-refractivity contribution in [2.24, 2.45) is 21.7 Å². The summed E-state index contributed by atoms with van der Waals surface area (Å²) in [5.74, 6) is -0.0480. The summed E-state index contributed by atoms with van der Waals surface area (Å²) in [5, 5.41) is 7.39. The Morgan fingerprint density at radius 3 is 2.36 bits per heavy atom. The summed E-state index contributed by atoms with van der Waals surface area (Å²) in [6, 6.07) is 10.6. The first kappa shape index (κ1) is 14.2. The van der Waals surface area contributed by atoms with Crippen LogP contribution in [0.2, 0.25) is 0 Å². The lowest BCUT2D eigenvalue weighted by Crippen LogP contribution is -2.21. The minimum Gasteiger partial charge on any atom is -0.372 e. The van der Waals surface area contributed by atoms with Gasteiger partial charge in [0.15, 0.2) is 0 Å². The van der Waals surface area contributed by atoms with Gasteiger partial charge in [0.1, 0.15) is 0 Å². The summed E-state index contributed by atoms with van der Waals surface area (Å²) in [6.07, 6.45) is 8.17. The number of hydrogen-bond donors (Lipinski definition) is 2. The molecular weight excluding hydrogens is 276 g/mol. The van der Waals surface area contributed by atoms with Crippen LogP contribution < -0.4 is 16.4 Å². The smallest absolute Gasteiger partial charge is 0.211 e. The van der Waals surface area contributed by atoms with Gasteiger partial charge in [0.2, 0.25) is 5.96 Å². The van der Waals surface area contributed by atoms with Crippen molar-refractivity contribution in [1.29, 1.82) is 0 Å². The van der Waals surface area contributed by atoms with Crippen molar-refractivity contribution in [3.8, 4) is 5.69 Å². The zero-order valence-electron chi connectivity index (χ0n) is 12.4. The van der Waals surface area contributed by atoms with Crippen LogP contribution in [0.1, 0.15) is 18.4 Å². The number of hydrogen-bond acceptors (Lipinski definition) is 3. The van der Waals surface area contributed by atoms with Gasteiger partial charge in [0.05, 0.1) is 6.21 Å². The molecule has 6 nitrogen and oxygen atoms in total. The van der Waals surface area contributed by atoms with Gasteiger partial charge >= 0.3 is 0 Å². The van der Waals surface area contributed by atoms with Crippen LogP contribution in [-0.4, -0.2) is 29.8 Å². The molecule has 114 valence electrons. The first-order valence-electron chi connectivity index (χ1n) is 7.38. The first-order valence-corrected chi connectivity index (χ1v) is 7.38. The van der Waals surface area contributed by atoms with Crippen molar-refractivity contribution in [1.82, 2.24) is 4.57 Å². The molecule has 1 aliphatic rings. The van der Waals surface area contributed by atoms with Gasteiger partial charge in [-0.3, -0.25) is 0 Å². The molecule has 0 unspecified atom stereocenters. The third kappa shape index (κ3) is 3.28. The summed E-state index contributed by atoms with van der Waals surface area (Å²) >= 11 is 0. The summed E-state index contributed by atoms with van der Waals surface area (Å²) in [7, 11) is 0. The van der Waals surface area contributed by atoms with Crippen molar-refractivity contribution in [2.75, 3.05) is 18.0 Å². The maximum Gasteiger partial charge on any atom is 0.211 e. The van der Waals surface area contributed by atoms with E-state index in [9.17, 15) is 0 Å². The minimum absolute atomic E-state index is 0.0480. The van der Waals surface area contributed by atoms with E-state index in [2.05, 4.69) is 39.4 Å². The second-order valence-electron chi connectivity index (χ2n) is 5.33. The number of anilines is 1. The van der Waals surface area contributed by atoms with Crippen molar-refractivity contribution in [3.05, 3.63) is 48.3 Å². The van der Waals surface area contributed by atoms with Gasteiger partial charge in [-0.05, 0) is 43.2 Å². The molecule has 22 heavy (non-hydrogen) atoms. The Morgan fingerprint density at radius 2 is 1.68 bits per heavy atom. The van der Waals surface area contributed by atoms with Crippen LogP contribution in [0.3, 0.4) is 0 Å². The molecule has 1 saturated heterocycles. The lowest BCUT2D eigenvalue weighted by atomic mass is 10.2. The SMILES string of the molecule is NC(N)=N/N=C/c1ccn(-c2ccc(N3CCCC3)cc2)c1. The highest BCUT2D eigenvalue weighted by molar-refractivity contribution is 5.81. The summed E-state index contributed by atoms with van der Waals surface area (Å²) in [6.45, 7) is 2.32. The third-order valence-electron chi connectivity index (χ3n) is 3.71. The molecule has 2 aromatic rings. The van der Waals surface area contributed by atoms with Crippen molar-refractivity contribution < 1.29 is 0 Å². The summed E-state index contributed by atoms with van der Waals surface area (Å²) < 4.78 is 2.05. The Balaban J connectivity index is 1.72. The summed E-state index contributed by atoms with van der Waals surface area (Å²) in [5.41, 5.74) is 13.8. The van der Waals surface area contributed by atoms with Crippen LogP contribution >= 0.6 is 0 Å². The molecule has 6 heteroatoms. The number of guanidine groups is 1. The number of rotatable bonds is 4. The fourth-order valence-electron chi connectivity index (χ4n) is 2.62. The fourth-order valence-corrected chi connectivity index (χ4v) is 2.62. The van der Waals surface area contributed by atoms with Gasteiger partial charge in [-0.1, -0.05) is 0 Å². The quantitative estimate of drug-likeness (QED) is 0.511. The normalized spacial score (nSPS) is 14.6. The van der Waals surface area contributed by atoms with Gasteiger partial charge in [-0.15, -0.1) is 5.10 Å². The maximum absolute atomic E-state index is 5.22. The van der Waals surface area contributed by atoms with E-state index in [1.54, 1.807) is 6.21 Å². The monoisotopic (exact) mass is 296 g/mol. The topological polar surface area (TPSA) is 84.9 Å². The number of benzene rings is 1. The molecule has 3 rings (SSSR count). The molecule has 0 saturated carbocycles. The number of nitrogens with two attached hydrogens (primary N) is 2. The highest BCUT2D eigenvalue weighted by atomic mass is 15.3. The predicted octanol–water partition coefficient (Wildman–Crippen LogP) is 1.68. The van der Waals surface area contributed by atoms with E-state index in [4.69, 9.17) is 11.5 Å². The zero-order chi connectivity index (χ0) is 15.4. The molecule has 0 bridgehead atoms. The van der Waals surface area contributed by atoms with Crippen LogP contribution in [0, 0.1) is 0 Å². The fraction of sp³-hybridized carbons (Fsp3) is 0.250. The standard InChI is InChI=1S/C16H20N6/c17-16(18)20-19-11-13-7-10-22(12-13)15-5-3-14(4-6-15)21-8-1-2-9-21/h3-7,10-12H,1-2,8-9H2,(H4,17,18,20)/b19-11+. The molecule has 0 aliphatic carbocycles. The minimum atomic E-state index is -0.0480. The molecule has 2 heterocycles. The van der Waals surface area contributed by atoms with Crippen LogP contribution in [0.5, 0.6) is 0 Å².